The van der Waals surface area contributed by atoms with Crippen LogP contribution in [0.3, 0.4) is 0 Å². The standard InChI is InChI=1S/C9H15NO3/c11-7-9(13)10-6-4-2-1-3-5-8(10)12/h11H,1-7H2. The minimum atomic E-state index is -0.564. The van der Waals surface area contributed by atoms with E-state index in [1.54, 1.807) is 0 Å². The highest BCUT2D eigenvalue weighted by atomic mass is 16.3. The van der Waals surface area contributed by atoms with E-state index in [-0.39, 0.29) is 5.91 Å². The Morgan fingerprint density at radius 2 is 2.00 bits per heavy atom. The van der Waals surface area contributed by atoms with Gasteiger partial charge in [0.25, 0.3) is 5.91 Å². The third kappa shape index (κ3) is 2.81. The van der Waals surface area contributed by atoms with Gasteiger partial charge in [-0.05, 0) is 12.8 Å². The highest BCUT2D eigenvalue weighted by Gasteiger charge is 2.20. The molecule has 1 N–H and O–H groups in total. The molecule has 0 spiro atoms. The number of amides is 2. The maximum Gasteiger partial charge on any atom is 0.254 e. The van der Waals surface area contributed by atoms with Gasteiger partial charge >= 0.3 is 0 Å². The van der Waals surface area contributed by atoms with Crippen LogP contribution in [0.4, 0.5) is 0 Å². The van der Waals surface area contributed by atoms with Gasteiger partial charge < -0.3 is 5.11 Å². The quantitative estimate of drug-likeness (QED) is 0.639. The lowest BCUT2D eigenvalue weighted by Crippen LogP contribution is -2.39. The Morgan fingerprint density at radius 3 is 2.69 bits per heavy atom. The molecule has 1 aliphatic rings. The Bertz CT molecular complexity index is 203. The van der Waals surface area contributed by atoms with Crippen LogP contribution in [0, 0.1) is 0 Å². The molecule has 1 heterocycles. The molecule has 74 valence electrons. The summed E-state index contributed by atoms with van der Waals surface area (Å²) in [6, 6.07) is 0. The van der Waals surface area contributed by atoms with Crippen molar-refractivity contribution in [2.75, 3.05) is 13.2 Å². The van der Waals surface area contributed by atoms with Crippen LogP contribution in [-0.2, 0) is 9.59 Å². The van der Waals surface area contributed by atoms with Crippen molar-refractivity contribution in [3.63, 3.8) is 0 Å². The molecular formula is C9H15NO3. The third-order valence-corrected chi connectivity index (χ3v) is 2.26. The van der Waals surface area contributed by atoms with Crippen molar-refractivity contribution in [3.05, 3.63) is 0 Å². The largest absolute Gasteiger partial charge is 0.387 e. The van der Waals surface area contributed by atoms with Gasteiger partial charge in [0.05, 0.1) is 0 Å². The number of rotatable bonds is 1. The van der Waals surface area contributed by atoms with E-state index in [1.807, 2.05) is 0 Å². The van der Waals surface area contributed by atoms with E-state index in [4.69, 9.17) is 5.11 Å². The van der Waals surface area contributed by atoms with Crippen LogP contribution in [0.1, 0.15) is 32.1 Å². The van der Waals surface area contributed by atoms with E-state index in [0.717, 1.165) is 25.7 Å². The zero-order valence-electron chi connectivity index (χ0n) is 7.66. The van der Waals surface area contributed by atoms with Crippen LogP contribution in [0.15, 0.2) is 0 Å². The van der Waals surface area contributed by atoms with E-state index in [1.165, 1.54) is 4.90 Å². The van der Waals surface area contributed by atoms with E-state index in [2.05, 4.69) is 0 Å². The Hall–Kier alpha value is -0.900. The second-order valence-electron chi connectivity index (χ2n) is 3.26. The molecule has 0 aromatic rings. The molecule has 0 aliphatic carbocycles. The average Bonchev–Trinajstić information content (AvgIpc) is 2.11. The highest BCUT2D eigenvalue weighted by molar-refractivity contribution is 5.95. The highest BCUT2D eigenvalue weighted by Crippen LogP contribution is 2.11. The van der Waals surface area contributed by atoms with Crippen LogP contribution in [-0.4, -0.2) is 35.0 Å². The summed E-state index contributed by atoms with van der Waals surface area (Å²) >= 11 is 0. The molecule has 0 saturated carbocycles. The predicted molar refractivity (Wildman–Crippen MR) is 46.9 cm³/mol. The fourth-order valence-corrected chi connectivity index (χ4v) is 1.51. The number of carbonyl (C=O) groups is 2. The molecule has 0 atom stereocenters. The molecular weight excluding hydrogens is 170 g/mol. The molecule has 13 heavy (non-hydrogen) atoms. The first-order valence-electron chi connectivity index (χ1n) is 4.70. The van der Waals surface area contributed by atoms with E-state index in [9.17, 15) is 9.59 Å². The van der Waals surface area contributed by atoms with Crippen molar-refractivity contribution in [2.45, 2.75) is 32.1 Å². The molecule has 0 radical (unpaired) electrons. The monoisotopic (exact) mass is 185 g/mol. The van der Waals surface area contributed by atoms with Crippen LogP contribution in [0.2, 0.25) is 0 Å². The van der Waals surface area contributed by atoms with Gasteiger partial charge in [0.15, 0.2) is 0 Å². The van der Waals surface area contributed by atoms with Crippen molar-refractivity contribution >= 4 is 11.8 Å². The Balaban J connectivity index is 2.56. The van der Waals surface area contributed by atoms with Gasteiger partial charge in [-0.1, -0.05) is 12.8 Å². The topological polar surface area (TPSA) is 57.6 Å². The van der Waals surface area contributed by atoms with Gasteiger partial charge in [-0.15, -0.1) is 0 Å². The molecule has 0 bridgehead atoms. The molecule has 1 aliphatic heterocycles. The molecule has 0 aromatic heterocycles. The first-order chi connectivity index (χ1) is 6.25. The maximum atomic E-state index is 11.4. The zero-order valence-corrected chi connectivity index (χ0v) is 7.66. The Labute approximate surface area is 77.5 Å². The summed E-state index contributed by atoms with van der Waals surface area (Å²) in [6.07, 6.45) is 4.27. The average molecular weight is 185 g/mol. The summed E-state index contributed by atoms with van der Waals surface area (Å²) in [5.74, 6) is -0.606. The van der Waals surface area contributed by atoms with E-state index < -0.39 is 12.5 Å². The van der Waals surface area contributed by atoms with E-state index in [0.29, 0.717) is 13.0 Å². The number of aliphatic hydroxyl groups excluding tert-OH is 1. The van der Waals surface area contributed by atoms with Crippen LogP contribution in [0.5, 0.6) is 0 Å². The second-order valence-corrected chi connectivity index (χ2v) is 3.26. The van der Waals surface area contributed by atoms with Crippen LogP contribution >= 0.6 is 0 Å². The second kappa shape index (κ2) is 4.97. The number of aliphatic hydroxyl groups is 1. The van der Waals surface area contributed by atoms with Crippen molar-refractivity contribution in [2.24, 2.45) is 0 Å². The zero-order chi connectivity index (χ0) is 9.68. The lowest BCUT2D eigenvalue weighted by molar-refractivity contribution is -0.147. The molecule has 2 amide bonds. The summed E-state index contributed by atoms with van der Waals surface area (Å²) in [6.45, 7) is -0.0933. The lowest BCUT2D eigenvalue weighted by atomic mass is 10.1. The van der Waals surface area contributed by atoms with Crippen LogP contribution in [0.25, 0.3) is 0 Å². The van der Waals surface area contributed by atoms with Gasteiger partial charge in [-0.2, -0.15) is 0 Å². The Morgan fingerprint density at radius 1 is 1.31 bits per heavy atom. The minimum Gasteiger partial charge on any atom is -0.387 e. The number of likely N-dealkylation sites (tertiary alicyclic amines) is 1. The van der Waals surface area contributed by atoms with Gasteiger partial charge in [0.2, 0.25) is 5.91 Å². The summed E-state index contributed by atoms with van der Waals surface area (Å²) < 4.78 is 0. The molecule has 1 fully saturated rings. The van der Waals surface area contributed by atoms with Gasteiger partial charge in [0.1, 0.15) is 6.61 Å². The molecule has 1 saturated heterocycles. The first kappa shape index (κ1) is 10.2. The molecule has 4 nitrogen and oxygen atoms in total. The summed E-state index contributed by atoms with van der Waals surface area (Å²) in [5, 5.41) is 8.62. The van der Waals surface area contributed by atoms with Gasteiger partial charge in [-0.25, -0.2) is 0 Å². The Kier molecular flexibility index (Phi) is 3.89. The maximum absolute atomic E-state index is 11.4. The fourth-order valence-electron chi connectivity index (χ4n) is 1.51. The fraction of sp³-hybridized carbons (Fsp3) is 0.778. The summed E-state index contributed by atoms with van der Waals surface area (Å²) in [4.78, 5) is 23.6. The molecule has 1 rings (SSSR count). The van der Waals surface area contributed by atoms with Gasteiger partial charge in [-0.3, -0.25) is 14.5 Å². The predicted octanol–water partition coefficient (Wildman–Crippen LogP) is 0.298. The molecule has 0 aromatic carbocycles. The SMILES string of the molecule is O=C(CO)N1CCCCCCC1=O. The van der Waals surface area contributed by atoms with E-state index >= 15 is 0 Å². The van der Waals surface area contributed by atoms with Crippen molar-refractivity contribution in [1.82, 2.24) is 4.90 Å². The number of hydrogen-bond acceptors (Lipinski definition) is 3. The number of imide groups is 1. The van der Waals surface area contributed by atoms with Crippen molar-refractivity contribution in [3.8, 4) is 0 Å². The summed E-state index contributed by atoms with van der Waals surface area (Å²) in [7, 11) is 0. The summed E-state index contributed by atoms with van der Waals surface area (Å²) in [5.41, 5.74) is 0. The number of hydrogen-bond donors (Lipinski definition) is 1. The van der Waals surface area contributed by atoms with Gasteiger partial charge in [0, 0.05) is 13.0 Å². The van der Waals surface area contributed by atoms with Crippen molar-refractivity contribution < 1.29 is 14.7 Å². The minimum absolute atomic E-state index is 0.140. The number of nitrogens with zero attached hydrogens (tertiary/aromatic N) is 1. The normalized spacial score (nSPS) is 19.5. The van der Waals surface area contributed by atoms with Crippen LogP contribution < -0.4 is 0 Å². The molecule has 0 unspecified atom stereocenters. The van der Waals surface area contributed by atoms with Crippen molar-refractivity contribution in [1.29, 1.82) is 0 Å². The number of carbonyl (C=O) groups excluding carboxylic acids is 2. The third-order valence-electron chi connectivity index (χ3n) is 2.26. The lowest BCUT2D eigenvalue weighted by Gasteiger charge is -2.21. The first-order valence-corrected chi connectivity index (χ1v) is 4.70. The smallest absolute Gasteiger partial charge is 0.254 e. The molecule has 4 heteroatoms.